The Morgan fingerprint density at radius 1 is 0.857 bits per heavy atom. The lowest BCUT2D eigenvalue weighted by Crippen LogP contribution is -2.32. The molecule has 0 spiro atoms. The van der Waals surface area contributed by atoms with Gasteiger partial charge >= 0.3 is 6.09 Å². The molecule has 1 N–H and O–H groups in total. The highest BCUT2D eigenvalue weighted by molar-refractivity contribution is 6.33. The fourth-order valence-electron chi connectivity index (χ4n) is 3.95. The van der Waals surface area contributed by atoms with Crippen molar-refractivity contribution in [3.05, 3.63) is 119 Å². The van der Waals surface area contributed by atoms with Gasteiger partial charge in [-0.2, -0.15) is 0 Å². The maximum absolute atomic E-state index is 13.5. The van der Waals surface area contributed by atoms with Gasteiger partial charge in [-0.25, -0.2) is 14.8 Å². The summed E-state index contributed by atoms with van der Waals surface area (Å²) >= 11 is 6.47. The summed E-state index contributed by atoms with van der Waals surface area (Å²) in [6.07, 6.45) is 1.69. The molecule has 1 heterocycles. The number of benzene rings is 3. The Morgan fingerprint density at radius 2 is 1.60 bits per heavy atom. The summed E-state index contributed by atoms with van der Waals surface area (Å²) in [6, 6.07) is 22.3. The molecule has 3 aromatic carbocycles. The largest absolute Gasteiger partial charge is 0.444 e. The number of carbonyl (C=O) groups excluding carboxylic acids is 4. The van der Waals surface area contributed by atoms with Crippen molar-refractivity contribution in [2.75, 3.05) is 24.3 Å². The molecule has 1 aromatic heterocycles. The van der Waals surface area contributed by atoms with Crippen LogP contribution in [0.3, 0.4) is 0 Å². The summed E-state index contributed by atoms with van der Waals surface area (Å²) < 4.78 is 5.26. The fourth-order valence-corrected chi connectivity index (χ4v) is 4.20. The number of Topliss-reactive ketones (excluding diaryl/α,β-unsaturated/α-hetero) is 1. The summed E-state index contributed by atoms with van der Waals surface area (Å²) in [5.41, 5.74) is 2.57. The van der Waals surface area contributed by atoms with Crippen LogP contribution in [0.15, 0.2) is 91.3 Å². The van der Waals surface area contributed by atoms with Gasteiger partial charge in [0.25, 0.3) is 5.91 Å². The summed E-state index contributed by atoms with van der Waals surface area (Å²) in [4.78, 5) is 61.8. The normalized spacial score (nSPS) is 10.5. The lowest BCUT2D eigenvalue weighted by molar-refractivity contribution is -0.117. The highest BCUT2D eigenvalue weighted by atomic mass is 35.5. The van der Waals surface area contributed by atoms with Crippen molar-refractivity contribution in [1.29, 1.82) is 0 Å². The van der Waals surface area contributed by atoms with Crippen molar-refractivity contribution in [3.8, 4) is 0 Å². The predicted molar refractivity (Wildman–Crippen MR) is 158 cm³/mol. The summed E-state index contributed by atoms with van der Waals surface area (Å²) in [6.45, 7) is 0.126. The summed E-state index contributed by atoms with van der Waals surface area (Å²) in [5.74, 6) is -1.38. The van der Waals surface area contributed by atoms with Crippen LogP contribution in [0.5, 0.6) is 0 Å². The molecule has 3 amide bonds. The predicted octanol–water partition coefficient (Wildman–Crippen LogP) is 5.39. The van der Waals surface area contributed by atoms with Crippen LogP contribution in [0.1, 0.15) is 38.5 Å². The molecule has 10 nitrogen and oxygen atoms in total. The lowest BCUT2D eigenvalue weighted by Gasteiger charge is -2.24. The zero-order valence-corrected chi connectivity index (χ0v) is 23.7. The first-order valence-electron chi connectivity index (χ1n) is 12.9. The standard InChI is InChI=1S/C31H28ClN5O5/c1-36(2)30(40)23-10-6-11-24(17-23)37(28(39)18-27(38)29-33-14-7-15-34-29)19-22-12-13-26(25(32)16-22)35-31(41)42-20-21-8-4-3-5-9-21/h3-17H,18-20H2,1-2H3,(H,35,41). The number of hydrogen-bond acceptors (Lipinski definition) is 7. The second-order valence-electron chi connectivity index (χ2n) is 9.40. The average molecular weight is 586 g/mol. The van der Waals surface area contributed by atoms with E-state index in [9.17, 15) is 19.2 Å². The van der Waals surface area contributed by atoms with E-state index in [0.29, 0.717) is 22.5 Å². The average Bonchev–Trinajstić information content (AvgIpc) is 3.00. The van der Waals surface area contributed by atoms with Crippen molar-refractivity contribution in [2.24, 2.45) is 0 Å². The topological polar surface area (TPSA) is 122 Å². The molecular formula is C31H28ClN5O5. The van der Waals surface area contributed by atoms with Gasteiger partial charge in [0.1, 0.15) is 6.61 Å². The van der Waals surface area contributed by atoms with E-state index in [1.807, 2.05) is 30.3 Å². The first kappa shape index (κ1) is 29.9. The molecule has 0 fully saturated rings. The molecule has 0 radical (unpaired) electrons. The van der Waals surface area contributed by atoms with E-state index in [1.165, 1.54) is 22.2 Å². The number of ether oxygens (including phenoxy) is 1. The number of amides is 3. The van der Waals surface area contributed by atoms with Crippen LogP contribution in [0.2, 0.25) is 5.02 Å². The van der Waals surface area contributed by atoms with Gasteiger partial charge in [-0.15, -0.1) is 0 Å². The minimum absolute atomic E-state index is 0.0276. The Hall–Kier alpha value is -5.09. The lowest BCUT2D eigenvalue weighted by atomic mass is 10.1. The SMILES string of the molecule is CN(C)C(=O)c1cccc(N(Cc2ccc(NC(=O)OCc3ccccc3)c(Cl)c2)C(=O)CC(=O)c2ncccn2)c1. The van der Waals surface area contributed by atoms with E-state index in [2.05, 4.69) is 15.3 Å². The number of aromatic nitrogens is 2. The summed E-state index contributed by atoms with van der Waals surface area (Å²) in [7, 11) is 3.26. The number of nitrogens with zero attached hydrogens (tertiary/aromatic N) is 4. The highest BCUT2D eigenvalue weighted by Gasteiger charge is 2.23. The molecule has 11 heteroatoms. The van der Waals surface area contributed by atoms with Crippen LogP contribution in [-0.2, 0) is 22.7 Å². The number of rotatable bonds is 10. The monoisotopic (exact) mass is 585 g/mol. The number of halogens is 1. The van der Waals surface area contributed by atoms with Crippen LogP contribution in [0.4, 0.5) is 16.2 Å². The minimum Gasteiger partial charge on any atom is -0.444 e. The Labute approximate surface area is 247 Å². The van der Waals surface area contributed by atoms with E-state index >= 15 is 0 Å². The first-order valence-corrected chi connectivity index (χ1v) is 13.3. The molecule has 0 saturated carbocycles. The first-order chi connectivity index (χ1) is 20.2. The molecule has 42 heavy (non-hydrogen) atoms. The second kappa shape index (κ2) is 14.0. The Kier molecular flexibility index (Phi) is 9.96. The van der Waals surface area contributed by atoms with Gasteiger partial charge in [-0.3, -0.25) is 19.7 Å². The molecule has 0 saturated heterocycles. The molecule has 0 atom stereocenters. The molecule has 0 aliphatic rings. The molecule has 0 unspecified atom stereocenters. The van der Waals surface area contributed by atoms with E-state index in [1.54, 1.807) is 62.6 Å². The third kappa shape index (κ3) is 7.98. The molecule has 0 aliphatic heterocycles. The Bertz CT molecular complexity index is 1580. The van der Waals surface area contributed by atoms with Gasteiger partial charge in [-0.05, 0) is 47.5 Å². The minimum atomic E-state index is -0.672. The van der Waals surface area contributed by atoms with E-state index in [-0.39, 0.29) is 29.9 Å². The van der Waals surface area contributed by atoms with Crippen LogP contribution in [0.25, 0.3) is 0 Å². The van der Waals surface area contributed by atoms with Crippen LogP contribution in [0, 0.1) is 0 Å². The molecule has 4 aromatic rings. The van der Waals surface area contributed by atoms with E-state index in [0.717, 1.165) is 5.56 Å². The molecule has 214 valence electrons. The van der Waals surface area contributed by atoms with Gasteiger partial charge in [0.05, 0.1) is 23.7 Å². The number of anilines is 2. The van der Waals surface area contributed by atoms with Gasteiger partial charge in [-0.1, -0.05) is 54.1 Å². The Balaban J connectivity index is 1.53. The van der Waals surface area contributed by atoms with Crippen molar-refractivity contribution in [3.63, 3.8) is 0 Å². The summed E-state index contributed by atoms with van der Waals surface area (Å²) in [5, 5.41) is 2.84. The van der Waals surface area contributed by atoms with Crippen LogP contribution >= 0.6 is 11.6 Å². The van der Waals surface area contributed by atoms with Crippen molar-refractivity contribution in [1.82, 2.24) is 14.9 Å². The smallest absolute Gasteiger partial charge is 0.412 e. The van der Waals surface area contributed by atoms with Crippen molar-refractivity contribution in [2.45, 2.75) is 19.6 Å². The van der Waals surface area contributed by atoms with Gasteiger partial charge in [0.15, 0.2) is 5.82 Å². The second-order valence-corrected chi connectivity index (χ2v) is 9.81. The number of ketones is 1. The number of nitrogens with one attached hydrogen (secondary N) is 1. The third-order valence-corrected chi connectivity index (χ3v) is 6.38. The molecular weight excluding hydrogens is 558 g/mol. The van der Waals surface area contributed by atoms with Crippen molar-refractivity contribution >= 4 is 46.7 Å². The zero-order chi connectivity index (χ0) is 30.1. The van der Waals surface area contributed by atoms with E-state index in [4.69, 9.17) is 16.3 Å². The molecule has 4 rings (SSSR count). The molecule has 0 aliphatic carbocycles. The maximum Gasteiger partial charge on any atom is 0.412 e. The number of carbonyl (C=O) groups is 4. The van der Waals surface area contributed by atoms with Crippen molar-refractivity contribution < 1.29 is 23.9 Å². The Morgan fingerprint density at radius 3 is 2.29 bits per heavy atom. The number of hydrogen-bond donors (Lipinski definition) is 1. The van der Waals surface area contributed by atoms with Gasteiger partial charge in [0, 0.05) is 37.7 Å². The van der Waals surface area contributed by atoms with Gasteiger partial charge < -0.3 is 14.5 Å². The quantitative estimate of drug-likeness (QED) is 0.196. The fraction of sp³-hybridized carbons (Fsp3) is 0.161. The van der Waals surface area contributed by atoms with E-state index < -0.39 is 24.2 Å². The highest BCUT2D eigenvalue weighted by Crippen LogP contribution is 2.27. The van der Waals surface area contributed by atoms with Crippen LogP contribution in [-0.4, -0.2) is 52.7 Å². The maximum atomic E-state index is 13.5. The zero-order valence-electron chi connectivity index (χ0n) is 23.0. The molecule has 0 bridgehead atoms. The third-order valence-electron chi connectivity index (χ3n) is 6.06. The van der Waals surface area contributed by atoms with Gasteiger partial charge in [0.2, 0.25) is 11.7 Å². The van der Waals surface area contributed by atoms with Crippen LogP contribution < -0.4 is 10.2 Å².